The lowest BCUT2D eigenvalue weighted by atomic mass is 9.95. The second-order valence-corrected chi connectivity index (χ2v) is 8.88. The van der Waals surface area contributed by atoms with E-state index >= 15 is 0 Å². The summed E-state index contributed by atoms with van der Waals surface area (Å²) in [7, 11) is 1.57. The molecule has 9 heteroatoms. The van der Waals surface area contributed by atoms with Crippen LogP contribution in [-0.2, 0) is 4.79 Å². The molecular formula is C30H31N5O4. The van der Waals surface area contributed by atoms with Gasteiger partial charge in [-0.15, -0.1) is 5.10 Å². The maximum atomic E-state index is 13.8. The highest BCUT2D eigenvalue weighted by molar-refractivity contribution is 6.06. The number of para-hydroxylation sites is 2. The predicted octanol–water partition coefficient (Wildman–Crippen LogP) is 5.68. The summed E-state index contributed by atoms with van der Waals surface area (Å²) >= 11 is 0. The zero-order valence-electron chi connectivity index (χ0n) is 22.4. The number of carbonyl (C=O) groups excluding carboxylic acids is 1. The molecule has 0 fully saturated rings. The van der Waals surface area contributed by atoms with Crippen molar-refractivity contribution < 1.29 is 19.0 Å². The van der Waals surface area contributed by atoms with Gasteiger partial charge in [0.1, 0.15) is 23.3 Å². The van der Waals surface area contributed by atoms with Crippen LogP contribution in [0.4, 0.5) is 11.6 Å². The van der Waals surface area contributed by atoms with Crippen molar-refractivity contribution >= 4 is 17.5 Å². The third-order valence-electron chi connectivity index (χ3n) is 6.38. The number of fused-ring (bicyclic) bond motifs is 1. The first-order valence-electron chi connectivity index (χ1n) is 12.9. The Bertz CT molecular complexity index is 1490. The van der Waals surface area contributed by atoms with Crippen molar-refractivity contribution in [3.05, 3.63) is 89.6 Å². The largest absolute Gasteiger partial charge is 0.495 e. The van der Waals surface area contributed by atoms with E-state index in [9.17, 15) is 4.79 Å². The van der Waals surface area contributed by atoms with Crippen molar-refractivity contribution in [2.45, 2.75) is 26.8 Å². The number of allylic oxidation sites excluding steroid dienone is 1. The first kappa shape index (κ1) is 25.8. The summed E-state index contributed by atoms with van der Waals surface area (Å²) in [5, 5.41) is 11.2. The lowest BCUT2D eigenvalue weighted by Gasteiger charge is -2.29. The molecule has 0 aliphatic carbocycles. The average Bonchev–Trinajstić information content (AvgIpc) is 3.37. The van der Waals surface area contributed by atoms with Gasteiger partial charge in [0.25, 0.3) is 5.91 Å². The Hall–Kier alpha value is -4.79. The lowest BCUT2D eigenvalue weighted by Crippen LogP contribution is -2.31. The number of aromatic nitrogens is 3. The van der Waals surface area contributed by atoms with E-state index in [4.69, 9.17) is 24.3 Å². The topological polar surface area (TPSA) is 99.5 Å². The van der Waals surface area contributed by atoms with Gasteiger partial charge < -0.3 is 24.8 Å². The zero-order chi connectivity index (χ0) is 27.4. The molecule has 4 aromatic rings. The fourth-order valence-corrected chi connectivity index (χ4v) is 4.59. The summed E-state index contributed by atoms with van der Waals surface area (Å²) < 4.78 is 18.4. The van der Waals surface area contributed by atoms with E-state index in [1.807, 2.05) is 81.4 Å². The van der Waals surface area contributed by atoms with Gasteiger partial charge in [-0.2, -0.15) is 4.98 Å². The van der Waals surface area contributed by atoms with Crippen LogP contribution < -0.4 is 24.8 Å². The van der Waals surface area contributed by atoms with E-state index in [0.717, 1.165) is 22.6 Å². The molecule has 1 aliphatic rings. The van der Waals surface area contributed by atoms with Crippen LogP contribution in [0.2, 0.25) is 0 Å². The molecule has 2 heterocycles. The van der Waals surface area contributed by atoms with Gasteiger partial charge in [-0.3, -0.25) is 4.79 Å². The third kappa shape index (κ3) is 5.29. The maximum absolute atomic E-state index is 13.8. The number of amides is 1. The molecule has 0 saturated carbocycles. The first-order chi connectivity index (χ1) is 19.0. The Balaban J connectivity index is 1.56. The molecule has 1 aliphatic heterocycles. The number of methoxy groups -OCH3 is 1. The number of anilines is 2. The van der Waals surface area contributed by atoms with Crippen molar-refractivity contribution in [3.63, 3.8) is 0 Å². The Labute approximate surface area is 227 Å². The normalized spacial score (nSPS) is 14.3. The Morgan fingerprint density at radius 2 is 1.59 bits per heavy atom. The summed E-state index contributed by atoms with van der Waals surface area (Å²) in [6.45, 7) is 6.92. The highest BCUT2D eigenvalue weighted by Gasteiger charge is 2.34. The molecular weight excluding hydrogens is 494 g/mol. The molecule has 39 heavy (non-hydrogen) atoms. The van der Waals surface area contributed by atoms with E-state index in [0.29, 0.717) is 47.7 Å². The molecule has 2 N–H and O–H groups in total. The van der Waals surface area contributed by atoms with Crippen molar-refractivity contribution in [1.82, 2.24) is 14.8 Å². The Morgan fingerprint density at radius 1 is 0.949 bits per heavy atom. The number of hydrogen-bond donors (Lipinski definition) is 2. The summed E-state index contributed by atoms with van der Waals surface area (Å²) in [4.78, 5) is 18.6. The monoisotopic (exact) mass is 525 g/mol. The van der Waals surface area contributed by atoms with Crippen LogP contribution in [0, 0.1) is 0 Å². The minimum Gasteiger partial charge on any atom is -0.495 e. The molecule has 9 nitrogen and oxygen atoms in total. The summed E-state index contributed by atoms with van der Waals surface area (Å²) in [6.07, 6.45) is 0. The van der Waals surface area contributed by atoms with Crippen molar-refractivity contribution in [2.75, 3.05) is 31.0 Å². The minimum absolute atomic E-state index is 0.271. The van der Waals surface area contributed by atoms with E-state index in [2.05, 4.69) is 10.6 Å². The lowest BCUT2D eigenvalue weighted by molar-refractivity contribution is -0.113. The van der Waals surface area contributed by atoms with Crippen LogP contribution in [0.1, 0.15) is 32.4 Å². The quantitative estimate of drug-likeness (QED) is 0.290. The van der Waals surface area contributed by atoms with Gasteiger partial charge in [0.2, 0.25) is 5.95 Å². The zero-order valence-corrected chi connectivity index (χ0v) is 22.4. The molecule has 1 amide bonds. The third-order valence-corrected chi connectivity index (χ3v) is 6.38. The second-order valence-electron chi connectivity index (χ2n) is 8.88. The van der Waals surface area contributed by atoms with Crippen LogP contribution in [-0.4, -0.2) is 41.0 Å². The van der Waals surface area contributed by atoms with Crippen LogP contribution in [0.25, 0.3) is 11.4 Å². The van der Waals surface area contributed by atoms with Gasteiger partial charge in [0, 0.05) is 11.3 Å². The maximum Gasteiger partial charge on any atom is 0.255 e. The molecule has 0 bridgehead atoms. The molecule has 1 aromatic heterocycles. The first-order valence-corrected chi connectivity index (χ1v) is 12.9. The number of nitrogens with one attached hydrogen (secondary N) is 2. The molecule has 200 valence electrons. The highest BCUT2D eigenvalue weighted by Crippen LogP contribution is 2.38. The van der Waals surface area contributed by atoms with Gasteiger partial charge >= 0.3 is 0 Å². The van der Waals surface area contributed by atoms with Crippen molar-refractivity contribution in [2.24, 2.45) is 0 Å². The number of benzene rings is 3. The van der Waals surface area contributed by atoms with Gasteiger partial charge in [-0.1, -0.05) is 24.3 Å². The fraction of sp³-hybridized carbons (Fsp3) is 0.233. The Kier molecular flexibility index (Phi) is 7.49. The predicted molar refractivity (Wildman–Crippen MR) is 150 cm³/mol. The second kappa shape index (κ2) is 11.3. The van der Waals surface area contributed by atoms with Gasteiger partial charge in [0.05, 0.1) is 31.6 Å². The van der Waals surface area contributed by atoms with Crippen molar-refractivity contribution in [1.29, 1.82) is 0 Å². The number of ether oxygens (including phenoxy) is 3. The van der Waals surface area contributed by atoms with Crippen molar-refractivity contribution in [3.8, 4) is 28.6 Å². The number of rotatable bonds is 9. The molecule has 0 saturated heterocycles. The fourth-order valence-electron chi connectivity index (χ4n) is 4.59. The number of hydrogen-bond acceptors (Lipinski definition) is 7. The molecule has 5 rings (SSSR count). The summed E-state index contributed by atoms with van der Waals surface area (Å²) in [5.74, 6) is 2.92. The molecule has 3 aromatic carbocycles. The molecule has 1 unspecified atom stereocenters. The number of nitrogens with zero attached hydrogens (tertiary/aromatic N) is 3. The standard InChI is InChI=1S/C30H31N5O4/c1-5-38-22-15-11-20(12-16-22)27-26(29(36)32-24-9-7-8-10-25(24)37-4)19(3)31-30-33-28(34-35(27)30)21-13-17-23(18-14-21)39-6-2/h7-18,27H,5-6H2,1-4H3,(H,32,36)(H,31,33,34). The summed E-state index contributed by atoms with van der Waals surface area (Å²) in [6, 6.07) is 22.1. The number of carbonyl (C=O) groups is 1. The van der Waals surface area contributed by atoms with Gasteiger partial charge in [0.15, 0.2) is 5.82 Å². The van der Waals surface area contributed by atoms with E-state index in [1.54, 1.807) is 23.9 Å². The smallest absolute Gasteiger partial charge is 0.255 e. The van der Waals surface area contributed by atoms with E-state index in [1.165, 1.54) is 0 Å². The van der Waals surface area contributed by atoms with Crippen LogP contribution in [0.3, 0.4) is 0 Å². The minimum atomic E-state index is -0.532. The van der Waals surface area contributed by atoms with Gasteiger partial charge in [-0.05, 0) is 74.9 Å². The van der Waals surface area contributed by atoms with E-state index < -0.39 is 6.04 Å². The molecule has 1 atom stereocenters. The van der Waals surface area contributed by atoms with Crippen LogP contribution in [0.5, 0.6) is 17.2 Å². The highest BCUT2D eigenvalue weighted by atomic mass is 16.5. The van der Waals surface area contributed by atoms with Crippen LogP contribution >= 0.6 is 0 Å². The Morgan fingerprint density at radius 3 is 2.23 bits per heavy atom. The molecule has 0 spiro atoms. The van der Waals surface area contributed by atoms with Gasteiger partial charge in [-0.25, -0.2) is 4.68 Å². The SMILES string of the molecule is CCOc1ccc(-c2nc3n(n2)C(c2ccc(OCC)cc2)C(C(=O)Nc2ccccc2OC)=C(C)N3)cc1. The van der Waals surface area contributed by atoms with Crippen LogP contribution in [0.15, 0.2) is 84.1 Å². The molecule has 0 radical (unpaired) electrons. The van der Waals surface area contributed by atoms with E-state index in [-0.39, 0.29) is 5.91 Å². The summed E-state index contributed by atoms with van der Waals surface area (Å²) in [5.41, 5.74) is 3.48. The average molecular weight is 526 g/mol.